The van der Waals surface area contributed by atoms with E-state index in [1.54, 1.807) is 18.2 Å². The summed E-state index contributed by atoms with van der Waals surface area (Å²) in [6.45, 7) is 0. The Hall–Kier alpha value is -2.50. The number of para-hydroxylation sites is 2. The minimum Gasteiger partial charge on any atom is -0.298 e. The molecule has 0 atom stereocenters. The number of aromatic nitrogens is 2. The van der Waals surface area contributed by atoms with Gasteiger partial charge in [0.2, 0.25) is 0 Å². The summed E-state index contributed by atoms with van der Waals surface area (Å²) in [7, 11) is 0. The van der Waals surface area contributed by atoms with Gasteiger partial charge in [0.1, 0.15) is 5.69 Å². The molecule has 0 bridgehead atoms. The average molecular weight is 217 g/mol. The number of nitro benzene ring substituents is 1. The molecule has 0 spiro atoms. The molecule has 0 fully saturated rings. The Morgan fingerprint density at radius 1 is 1.38 bits per heavy atom. The van der Waals surface area contributed by atoms with E-state index in [0.29, 0.717) is 17.5 Å². The van der Waals surface area contributed by atoms with Crippen molar-refractivity contribution in [3.8, 4) is 5.69 Å². The summed E-state index contributed by atoms with van der Waals surface area (Å²) in [6, 6.07) is 6.20. The van der Waals surface area contributed by atoms with E-state index in [-0.39, 0.29) is 5.69 Å². The minimum absolute atomic E-state index is 0.0527. The van der Waals surface area contributed by atoms with Crippen LogP contribution in [0.25, 0.3) is 5.69 Å². The number of hydrogen-bond acceptors (Lipinski definition) is 4. The number of nitrogens with zero attached hydrogens (tertiary/aromatic N) is 3. The van der Waals surface area contributed by atoms with E-state index < -0.39 is 4.92 Å². The third-order valence-electron chi connectivity index (χ3n) is 2.06. The van der Waals surface area contributed by atoms with Crippen LogP contribution >= 0.6 is 0 Å². The Balaban J connectivity index is 2.54. The van der Waals surface area contributed by atoms with E-state index >= 15 is 0 Å². The van der Waals surface area contributed by atoms with Gasteiger partial charge in [-0.15, -0.1) is 0 Å². The molecule has 6 heteroatoms. The lowest BCUT2D eigenvalue weighted by atomic mass is 10.3. The quantitative estimate of drug-likeness (QED) is 0.444. The van der Waals surface area contributed by atoms with Crippen LogP contribution in [0, 0.1) is 10.1 Å². The van der Waals surface area contributed by atoms with Crippen LogP contribution in [0.5, 0.6) is 0 Å². The lowest BCUT2D eigenvalue weighted by molar-refractivity contribution is -0.384. The van der Waals surface area contributed by atoms with Crippen molar-refractivity contribution in [3.63, 3.8) is 0 Å². The molecule has 6 nitrogen and oxygen atoms in total. The molecule has 0 aliphatic carbocycles. The average Bonchev–Trinajstić information content (AvgIpc) is 2.77. The highest BCUT2D eigenvalue weighted by atomic mass is 16.6. The van der Waals surface area contributed by atoms with Crippen molar-refractivity contribution in [1.82, 2.24) is 9.78 Å². The summed E-state index contributed by atoms with van der Waals surface area (Å²) in [5.41, 5.74) is 0.654. The molecule has 0 unspecified atom stereocenters. The van der Waals surface area contributed by atoms with Gasteiger partial charge in [0.25, 0.3) is 5.69 Å². The summed E-state index contributed by atoms with van der Waals surface area (Å²) in [5.74, 6) is 0. The van der Waals surface area contributed by atoms with Crippen LogP contribution in [0.1, 0.15) is 10.4 Å². The van der Waals surface area contributed by atoms with E-state index in [1.165, 1.54) is 23.1 Å². The van der Waals surface area contributed by atoms with Gasteiger partial charge in [0.15, 0.2) is 6.29 Å². The maximum atomic E-state index is 10.8. The summed E-state index contributed by atoms with van der Waals surface area (Å²) in [6.07, 6.45) is 3.43. The Kier molecular flexibility index (Phi) is 2.47. The molecule has 2 rings (SSSR count). The first-order valence-electron chi connectivity index (χ1n) is 4.46. The molecular weight excluding hydrogens is 210 g/mol. The predicted octanol–water partition coefficient (Wildman–Crippen LogP) is 1.59. The number of nitro groups is 1. The Labute approximate surface area is 90.3 Å². The number of carbonyl (C=O) groups excluding carboxylic acids is 1. The third-order valence-corrected chi connectivity index (χ3v) is 2.06. The van der Waals surface area contributed by atoms with E-state index in [4.69, 9.17) is 0 Å². The second-order valence-corrected chi connectivity index (χ2v) is 3.08. The van der Waals surface area contributed by atoms with Crippen LogP contribution in [-0.2, 0) is 0 Å². The first-order chi connectivity index (χ1) is 7.72. The van der Waals surface area contributed by atoms with E-state index in [2.05, 4.69) is 5.10 Å². The van der Waals surface area contributed by atoms with Crippen molar-refractivity contribution in [2.75, 3.05) is 0 Å². The zero-order chi connectivity index (χ0) is 11.5. The van der Waals surface area contributed by atoms with Gasteiger partial charge in [-0.05, 0) is 6.07 Å². The summed E-state index contributed by atoms with van der Waals surface area (Å²) in [5, 5.41) is 14.6. The highest BCUT2D eigenvalue weighted by Gasteiger charge is 2.14. The maximum absolute atomic E-state index is 10.8. The lowest BCUT2D eigenvalue weighted by Crippen LogP contribution is -1.99. The molecule has 80 valence electrons. The molecule has 0 aliphatic heterocycles. The van der Waals surface area contributed by atoms with Gasteiger partial charge < -0.3 is 0 Å². The van der Waals surface area contributed by atoms with Gasteiger partial charge in [0, 0.05) is 12.3 Å². The molecule has 1 aromatic carbocycles. The molecule has 1 heterocycles. The van der Waals surface area contributed by atoms with Crippen LogP contribution in [0.15, 0.2) is 36.7 Å². The number of carbonyl (C=O) groups is 1. The molecule has 0 radical (unpaired) electrons. The van der Waals surface area contributed by atoms with Crippen LogP contribution < -0.4 is 0 Å². The van der Waals surface area contributed by atoms with Gasteiger partial charge in [-0.2, -0.15) is 5.10 Å². The minimum atomic E-state index is -0.488. The Bertz CT molecular complexity index is 548. The number of benzene rings is 1. The molecule has 1 aromatic heterocycles. The maximum Gasteiger partial charge on any atom is 0.294 e. The fourth-order valence-electron chi connectivity index (χ4n) is 1.34. The molecule has 0 saturated carbocycles. The number of rotatable bonds is 3. The Morgan fingerprint density at radius 3 is 2.75 bits per heavy atom. The van der Waals surface area contributed by atoms with Gasteiger partial charge in [-0.3, -0.25) is 14.9 Å². The lowest BCUT2D eigenvalue weighted by Gasteiger charge is -2.01. The molecule has 0 aliphatic rings. The number of aldehydes is 1. The van der Waals surface area contributed by atoms with Crippen molar-refractivity contribution < 1.29 is 9.72 Å². The molecular formula is C10H7N3O3. The molecule has 16 heavy (non-hydrogen) atoms. The van der Waals surface area contributed by atoms with Crippen molar-refractivity contribution >= 4 is 12.0 Å². The smallest absolute Gasteiger partial charge is 0.294 e. The highest BCUT2D eigenvalue weighted by molar-refractivity contribution is 5.74. The molecule has 0 N–H and O–H groups in total. The van der Waals surface area contributed by atoms with E-state index in [1.807, 2.05) is 0 Å². The second-order valence-electron chi connectivity index (χ2n) is 3.08. The third kappa shape index (κ3) is 1.68. The molecule has 0 saturated heterocycles. The first kappa shape index (κ1) is 10.0. The second kappa shape index (κ2) is 3.93. The first-order valence-corrected chi connectivity index (χ1v) is 4.46. The SMILES string of the molecule is O=Cc1cnn(-c2ccccc2[N+](=O)[O-])c1. The summed E-state index contributed by atoms with van der Waals surface area (Å²) >= 11 is 0. The van der Waals surface area contributed by atoms with Crippen molar-refractivity contribution in [2.45, 2.75) is 0 Å². The normalized spacial score (nSPS) is 10.0. The standard InChI is InChI=1S/C10H7N3O3/c14-7-8-5-11-12(6-8)9-3-1-2-4-10(9)13(15)16/h1-7H. The number of hydrogen-bond donors (Lipinski definition) is 0. The van der Waals surface area contributed by atoms with Crippen LogP contribution in [0.2, 0.25) is 0 Å². The van der Waals surface area contributed by atoms with Gasteiger partial charge in [-0.1, -0.05) is 12.1 Å². The van der Waals surface area contributed by atoms with Crippen molar-refractivity contribution in [2.24, 2.45) is 0 Å². The van der Waals surface area contributed by atoms with E-state index in [9.17, 15) is 14.9 Å². The van der Waals surface area contributed by atoms with Crippen LogP contribution in [0.3, 0.4) is 0 Å². The van der Waals surface area contributed by atoms with Gasteiger partial charge >= 0.3 is 0 Å². The highest BCUT2D eigenvalue weighted by Crippen LogP contribution is 2.21. The zero-order valence-corrected chi connectivity index (χ0v) is 8.11. The van der Waals surface area contributed by atoms with Gasteiger partial charge in [0.05, 0.1) is 16.7 Å². The molecule has 2 aromatic rings. The summed E-state index contributed by atoms with van der Waals surface area (Å²) < 4.78 is 1.31. The van der Waals surface area contributed by atoms with Crippen LogP contribution in [0.4, 0.5) is 5.69 Å². The zero-order valence-electron chi connectivity index (χ0n) is 8.11. The summed E-state index contributed by atoms with van der Waals surface area (Å²) in [4.78, 5) is 20.8. The topological polar surface area (TPSA) is 78.0 Å². The largest absolute Gasteiger partial charge is 0.298 e. The van der Waals surface area contributed by atoms with Crippen LogP contribution in [-0.4, -0.2) is 21.0 Å². The fourth-order valence-corrected chi connectivity index (χ4v) is 1.34. The van der Waals surface area contributed by atoms with E-state index in [0.717, 1.165) is 0 Å². The van der Waals surface area contributed by atoms with Crippen molar-refractivity contribution in [3.05, 3.63) is 52.3 Å². The van der Waals surface area contributed by atoms with Crippen molar-refractivity contribution in [1.29, 1.82) is 0 Å². The fraction of sp³-hybridized carbons (Fsp3) is 0. The predicted molar refractivity (Wildman–Crippen MR) is 55.6 cm³/mol. The monoisotopic (exact) mass is 217 g/mol. The van der Waals surface area contributed by atoms with Gasteiger partial charge in [-0.25, -0.2) is 4.68 Å². The molecule has 0 amide bonds. The Morgan fingerprint density at radius 2 is 2.12 bits per heavy atom.